The lowest BCUT2D eigenvalue weighted by atomic mass is 10.3. The van der Waals surface area contributed by atoms with Gasteiger partial charge in [0.1, 0.15) is 10.7 Å². The Labute approximate surface area is 160 Å². The lowest BCUT2D eigenvalue weighted by molar-refractivity contribution is 0.353. The number of hydrogen-bond donors (Lipinski definition) is 1. The van der Waals surface area contributed by atoms with Crippen LogP contribution in [0.2, 0.25) is 0 Å². The number of rotatable bonds is 6. The summed E-state index contributed by atoms with van der Waals surface area (Å²) in [6, 6.07) is 10.6. The highest BCUT2D eigenvalue weighted by atomic mass is 79.9. The molecule has 0 saturated carbocycles. The monoisotopic (exact) mass is 439 g/mol. The molecule has 0 aliphatic rings. The standard InChI is InChI=1S/C17H18BrN3O4S/c1-21-13-7-5-4-6-12(13)20-17(21)10-19-26(22,23)16-9-15(25-3)14(24-2)8-11(16)18/h4-9,19H,10H2,1-3H3. The van der Waals surface area contributed by atoms with Crippen LogP contribution in [0.25, 0.3) is 11.0 Å². The second-order valence-electron chi connectivity index (χ2n) is 5.54. The second kappa shape index (κ2) is 7.26. The SMILES string of the molecule is COc1cc(Br)c(S(=O)(=O)NCc2nc3ccccc3n2C)cc1OC. The number of halogens is 1. The molecule has 0 saturated heterocycles. The van der Waals surface area contributed by atoms with Gasteiger partial charge in [-0.15, -0.1) is 0 Å². The molecule has 26 heavy (non-hydrogen) atoms. The average Bonchev–Trinajstić information content (AvgIpc) is 2.96. The van der Waals surface area contributed by atoms with Gasteiger partial charge in [-0.1, -0.05) is 12.1 Å². The van der Waals surface area contributed by atoms with Crippen molar-refractivity contribution < 1.29 is 17.9 Å². The van der Waals surface area contributed by atoms with Crippen LogP contribution in [0.15, 0.2) is 45.8 Å². The van der Waals surface area contributed by atoms with Gasteiger partial charge in [-0.2, -0.15) is 0 Å². The van der Waals surface area contributed by atoms with Crippen LogP contribution in [0.1, 0.15) is 5.82 Å². The Morgan fingerprint density at radius 1 is 1.15 bits per heavy atom. The molecule has 7 nitrogen and oxygen atoms in total. The quantitative estimate of drug-likeness (QED) is 0.638. The highest BCUT2D eigenvalue weighted by molar-refractivity contribution is 9.10. The van der Waals surface area contributed by atoms with Crippen LogP contribution in [0.5, 0.6) is 11.5 Å². The molecule has 3 rings (SSSR count). The van der Waals surface area contributed by atoms with Crippen molar-refractivity contribution in [3.05, 3.63) is 46.7 Å². The third-order valence-electron chi connectivity index (χ3n) is 4.03. The minimum atomic E-state index is -3.79. The molecule has 0 aliphatic heterocycles. The summed E-state index contributed by atoms with van der Waals surface area (Å²) in [5.41, 5.74) is 1.76. The molecule has 0 spiro atoms. The number of methoxy groups -OCH3 is 2. The van der Waals surface area contributed by atoms with Crippen LogP contribution < -0.4 is 14.2 Å². The molecule has 1 aromatic heterocycles. The Balaban J connectivity index is 1.90. The largest absolute Gasteiger partial charge is 0.493 e. The fourth-order valence-corrected chi connectivity index (χ4v) is 4.65. The summed E-state index contributed by atoms with van der Waals surface area (Å²) in [5, 5.41) is 0. The number of imidazole rings is 1. The zero-order valence-corrected chi connectivity index (χ0v) is 16.9. The molecular weight excluding hydrogens is 422 g/mol. The van der Waals surface area contributed by atoms with Crippen molar-refractivity contribution in [2.45, 2.75) is 11.4 Å². The van der Waals surface area contributed by atoms with Gasteiger partial charge in [0.05, 0.1) is 31.8 Å². The molecule has 0 unspecified atom stereocenters. The molecule has 2 aromatic carbocycles. The van der Waals surface area contributed by atoms with E-state index >= 15 is 0 Å². The van der Waals surface area contributed by atoms with Gasteiger partial charge in [-0.3, -0.25) is 0 Å². The molecular formula is C17H18BrN3O4S. The van der Waals surface area contributed by atoms with Crippen LogP contribution in [-0.2, 0) is 23.6 Å². The maximum Gasteiger partial charge on any atom is 0.242 e. The Morgan fingerprint density at radius 3 is 2.46 bits per heavy atom. The smallest absolute Gasteiger partial charge is 0.242 e. The maximum atomic E-state index is 12.7. The van der Waals surface area contributed by atoms with Gasteiger partial charge >= 0.3 is 0 Å². The van der Waals surface area contributed by atoms with E-state index in [1.807, 2.05) is 35.9 Å². The van der Waals surface area contributed by atoms with Gasteiger partial charge in [-0.05, 0) is 34.1 Å². The molecule has 138 valence electrons. The number of benzene rings is 2. The zero-order valence-electron chi connectivity index (χ0n) is 14.5. The lowest BCUT2D eigenvalue weighted by Gasteiger charge is -2.13. The Kier molecular flexibility index (Phi) is 5.22. The highest BCUT2D eigenvalue weighted by Crippen LogP contribution is 2.35. The van der Waals surface area contributed by atoms with Gasteiger partial charge in [0.15, 0.2) is 11.5 Å². The topological polar surface area (TPSA) is 82.5 Å². The molecule has 1 N–H and O–H groups in total. The van der Waals surface area contributed by atoms with E-state index in [0.29, 0.717) is 21.8 Å². The number of nitrogens with zero attached hydrogens (tertiary/aromatic N) is 2. The molecule has 3 aromatic rings. The molecule has 0 atom stereocenters. The van der Waals surface area contributed by atoms with E-state index in [0.717, 1.165) is 11.0 Å². The van der Waals surface area contributed by atoms with Gasteiger partial charge in [-0.25, -0.2) is 18.1 Å². The number of sulfonamides is 1. The van der Waals surface area contributed by atoms with Crippen molar-refractivity contribution >= 4 is 37.0 Å². The van der Waals surface area contributed by atoms with Crippen molar-refractivity contribution in [2.24, 2.45) is 7.05 Å². The van der Waals surface area contributed by atoms with Gasteiger partial charge in [0.25, 0.3) is 0 Å². The summed E-state index contributed by atoms with van der Waals surface area (Å²) in [5.74, 6) is 1.39. The summed E-state index contributed by atoms with van der Waals surface area (Å²) in [6.07, 6.45) is 0. The maximum absolute atomic E-state index is 12.7. The third-order valence-corrected chi connectivity index (χ3v) is 6.39. The van der Waals surface area contributed by atoms with Crippen molar-refractivity contribution in [2.75, 3.05) is 14.2 Å². The molecule has 0 bridgehead atoms. The molecule has 0 fully saturated rings. The summed E-state index contributed by atoms with van der Waals surface area (Å²) >= 11 is 3.28. The van der Waals surface area contributed by atoms with Crippen LogP contribution in [0.3, 0.4) is 0 Å². The third kappa shape index (κ3) is 3.42. The minimum Gasteiger partial charge on any atom is -0.493 e. The second-order valence-corrected chi connectivity index (χ2v) is 8.13. The Morgan fingerprint density at radius 2 is 1.81 bits per heavy atom. The first-order valence-electron chi connectivity index (χ1n) is 7.69. The normalized spacial score (nSPS) is 11.7. The molecule has 1 heterocycles. The summed E-state index contributed by atoms with van der Waals surface area (Å²) in [4.78, 5) is 4.54. The predicted octanol–water partition coefficient (Wildman–Crippen LogP) is 2.83. The van der Waals surface area contributed by atoms with E-state index in [1.54, 1.807) is 6.07 Å². The van der Waals surface area contributed by atoms with E-state index in [9.17, 15) is 8.42 Å². The van der Waals surface area contributed by atoms with Crippen LogP contribution in [0, 0.1) is 0 Å². The number of para-hydroxylation sites is 2. The summed E-state index contributed by atoms with van der Waals surface area (Å²) < 4.78 is 40.7. The van der Waals surface area contributed by atoms with Crippen molar-refractivity contribution in [3.63, 3.8) is 0 Å². The molecule has 9 heteroatoms. The predicted molar refractivity (Wildman–Crippen MR) is 102 cm³/mol. The number of aryl methyl sites for hydroxylation is 1. The average molecular weight is 440 g/mol. The van der Waals surface area contributed by atoms with Gasteiger partial charge in [0.2, 0.25) is 10.0 Å². The van der Waals surface area contributed by atoms with Crippen molar-refractivity contribution in [1.29, 1.82) is 0 Å². The fraction of sp³-hybridized carbons (Fsp3) is 0.235. The first-order chi connectivity index (χ1) is 12.4. The Hall–Kier alpha value is -2.10. The summed E-state index contributed by atoms with van der Waals surface area (Å²) in [6.45, 7) is 0.0638. The molecule has 0 amide bonds. The number of fused-ring (bicyclic) bond motifs is 1. The minimum absolute atomic E-state index is 0.0638. The highest BCUT2D eigenvalue weighted by Gasteiger charge is 2.22. The van der Waals surface area contributed by atoms with Crippen LogP contribution >= 0.6 is 15.9 Å². The number of aromatic nitrogens is 2. The van der Waals surface area contributed by atoms with E-state index in [4.69, 9.17) is 9.47 Å². The first kappa shape index (κ1) is 18.7. The zero-order chi connectivity index (χ0) is 18.9. The van der Waals surface area contributed by atoms with Crippen LogP contribution in [-0.4, -0.2) is 32.2 Å². The number of hydrogen-bond acceptors (Lipinski definition) is 5. The molecule has 0 radical (unpaired) electrons. The first-order valence-corrected chi connectivity index (χ1v) is 9.96. The van der Waals surface area contributed by atoms with E-state index in [-0.39, 0.29) is 11.4 Å². The number of nitrogens with one attached hydrogen (secondary N) is 1. The van der Waals surface area contributed by atoms with E-state index < -0.39 is 10.0 Å². The lowest BCUT2D eigenvalue weighted by Crippen LogP contribution is -2.25. The Bertz CT molecular complexity index is 1060. The van der Waals surface area contributed by atoms with Crippen molar-refractivity contribution in [3.8, 4) is 11.5 Å². The van der Waals surface area contributed by atoms with Crippen molar-refractivity contribution in [1.82, 2.24) is 14.3 Å². The van der Waals surface area contributed by atoms with Gasteiger partial charge in [0, 0.05) is 17.6 Å². The van der Waals surface area contributed by atoms with E-state index in [1.165, 1.54) is 20.3 Å². The fourth-order valence-electron chi connectivity index (χ4n) is 2.63. The molecule has 0 aliphatic carbocycles. The number of ether oxygens (including phenoxy) is 2. The van der Waals surface area contributed by atoms with E-state index in [2.05, 4.69) is 25.6 Å². The summed E-state index contributed by atoms with van der Waals surface area (Å²) in [7, 11) is 1.01. The van der Waals surface area contributed by atoms with Crippen LogP contribution in [0.4, 0.5) is 0 Å². The van der Waals surface area contributed by atoms with Gasteiger partial charge < -0.3 is 14.0 Å².